The molecule has 7 nitrogen and oxygen atoms in total. The number of rotatable bonds is 5. The lowest BCUT2D eigenvalue weighted by Gasteiger charge is -2.33. The van der Waals surface area contributed by atoms with Gasteiger partial charge in [0.15, 0.2) is 0 Å². The highest BCUT2D eigenvalue weighted by molar-refractivity contribution is 9.11. The van der Waals surface area contributed by atoms with E-state index in [0.717, 1.165) is 10.0 Å². The van der Waals surface area contributed by atoms with Crippen molar-refractivity contribution in [2.24, 2.45) is 5.10 Å². The number of ether oxygens (including phenoxy) is 1. The molecular weight excluding hydrogens is 480 g/mol. The molecule has 0 bridgehead atoms. The number of morpholine rings is 1. The number of carbonyl (C=O) groups excluding carboxylic acids is 1. The number of halogens is 2. The number of phenols is 1. The van der Waals surface area contributed by atoms with E-state index < -0.39 is 6.04 Å². The summed E-state index contributed by atoms with van der Waals surface area (Å²) in [5.74, 6) is -0.206. The Bertz CT molecular complexity index is 827. The van der Waals surface area contributed by atoms with Gasteiger partial charge in [0.25, 0.3) is 5.91 Å². The van der Waals surface area contributed by atoms with Crippen LogP contribution in [0, 0.1) is 0 Å². The molecule has 27 heavy (non-hydrogen) atoms. The van der Waals surface area contributed by atoms with Crippen molar-refractivity contribution < 1.29 is 14.6 Å². The SMILES string of the molecule is O=C(NN=Cc1cc(Br)cc(Br)c1O)C(c1ccncc1)N1CCOCC1. The first-order chi connectivity index (χ1) is 13.1. The van der Waals surface area contributed by atoms with Gasteiger partial charge in [-0.05, 0) is 45.8 Å². The summed E-state index contributed by atoms with van der Waals surface area (Å²) in [5.41, 5.74) is 3.89. The Kier molecular flexibility index (Phi) is 6.95. The normalized spacial score (nSPS) is 16.4. The largest absolute Gasteiger partial charge is 0.506 e. The molecular formula is C18H18Br2N4O3. The number of aromatic hydroxyl groups is 1. The van der Waals surface area contributed by atoms with Gasteiger partial charge in [0.2, 0.25) is 0 Å². The molecule has 0 spiro atoms. The molecule has 142 valence electrons. The molecule has 0 saturated carbocycles. The molecule has 2 N–H and O–H groups in total. The summed E-state index contributed by atoms with van der Waals surface area (Å²) in [6.07, 6.45) is 4.73. The van der Waals surface area contributed by atoms with Gasteiger partial charge in [0, 0.05) is 35.5 Å². The summed E-state index contributed by atoms with van der Waals surface area (Å²) >= 11 is 6.63. The van der Waals surface area contributed by atoms with Crippen LogP contribution in [0.25, 0.3) is 0 Å². The Morgan fingerprint density at radius 2 is 2.00 bits per heavy atom. The number of benzene rings is 1. The van der Waals surface area contributed by atoms with Gasteiger partial charge in [-0.2, -0.15) is 5.10 Å². The average molecular weight is 498 g/mol. The molecule has 1 aliphatic heterocycles. The molecule has 1 aromatic heterocycles. The fraction of sp³-hybridized carbons (Fsp3) is 0.278. The highest BCUT2D eigenvalue weighted by Crippen LogP contribution is 2.30. The smallest absolute Gasteiger partial charge is 0.262 e. The van der Waals surface area contributed by atoms with Gasteiger partial charge in [0.05, 0.1) is 23.9 Å². The lowest BCUT2D eigenvalue weighted by atomic mass is 10.1. The molecule has 0 radical (unpaired) electrons. The minimum atomic E-state index is -0.489. The molecule has 3 rings (SSSR count). The Hall–Kier alpha value is -1.81. The predicted octanol–water partition coefficient (Wildman–Crippen LogP) is 2.84. The van der Waals surface area contributed by atoms with E-state index in [9.17, 15) is 9.90 Å². The van der Waals surface area contributed by atoms with Crippen LogP contribution in [0.15, 0.2) is 50.7 Å². The summed E-state index contributed by atoms with van der Waals surface area (Å²) in [6, 6.07) is 6.58. The molecule has 1 unspecified atom stereocenters. The standard InChI is InChI=1S/C18H18Br2N4O3/c19-14-9-13(17(25)15(20)10-14)11-22-23-18(26)16(12-1-3-21-4-2-12)24-5-7-27-8-6-24/h1-4,9-11,16,25H,5-8H2,(H,23,26). The van der Waals surface area contributed by atoms with Crippen molar-refractivity contribution >= 4 is 44.0 Å². The van der Waals surface area contributed by atoms with Crippen LogP contribution in [0.2, 0.25) is 0 Å². The maximum absolute atomic E-state index is 12.8. The maximum atomic E-state index is 12.8. The first-order valence-corrected chi connectivity index (χ1v) is 9.87. The molecule has 1 aliphatic rings. The van der Waals surface area contributed by atoms with Gasteiger partial charge in [-0.25, -0.2) is 5.43 Å². The number of hydrogen-bond donors (Lipinski definition) is 2. The van der Waals surface area contributed by atoms with Crippen molar-refractivity contribution in [1.82, 2.24) is 15.3 Å². The zero-order valence-electron chi connectivity index (χ0n) is 14.3. The first-order valence-electron chi connectivity index (χ1n) is 8.29. The fourth-order valence-electron chi connectivity index (χ4n) is 2.82. The molecule has 2 heterocycles. The van der Waals surface area contributed by atoms with E-state index >= 15 is 0 Å². The lowest BCUT2D eigenvalue weighted by molar-refractivity contribution is -0.128. The van der Waals surface area contributed by atoms with Crippen molar-refractivity contribution in [3.63, 3.8) is 0 Å². The summed E-state index contributed by atoms with van der Waals surface area (Å²) in [4.78, 5) is 18.9. The number of phenolic OH excluding ortho intramolecular Hbond substituents is 1. The van der Waals surface area contributed by atoms with Crippen molar-refractivity contribution in [1.29, 1.82) is 0 Å². The van der Waals surface area contributed by atoms with Gasteiger partial charge < -0.3 is 9.84 Å². The second kappa shape index (κ2) is 9.41. The molecule has 1 amide bonds. The van der Waals surface area contributed by atoms with E-state index in [0.29, 0.717) is 36.3 Å². The molecule has 9 heteroatoms. The van der Waals surface area contributed by atoms with Crippen molar-refractivity contribution in [2.45, 2.75) is 6.04 Å². The van der Waals surface area contributed by atoms with Gasteiger partial charge in [0.1, 0.15) is 11.8 Å². The monoisotopic (exact) mass is 496 g/mol. The van der Waals surface area contributed by atoms with Crippen molar-refractivity contribution in [2.75, 3.05) is 26.3 Å². The van der Waals surface area contributed by atoms with Gasteiger partial charge >= 0.3 is 0 Å². The molecule has 1 atom stereocenters. The highest BCUT2D eigenvalue weighted by Gasteiger charge is 2.28. The van der Waals surface area contributed by atoms with Crippen LogP contribution in [0.4, 0.5) is 0 Å². The van der Waals surface area contributed by atoms with Crippen molar-refractivity contribution in [3.8, 4) is 5.75 Å². The number of hydrogen-bond acceptors (Lipinski definition) is 6. The van der Waals surface area contributed by atoms with Crippen LogP contribution in [0.1, 0.15) is 17.2 Å². The summed E-state index contributed by atoms with van der Waals surface area (Å²) in [5, 5.41) is 14.1. The van der Waals surface area contributed by atoms with Crippen LogP contribution in [0.3, 0.4) is 0 Å². The molecule has 1 fully saturated rings. The fourth-order valence-corrected chi connectivity index (χ4v) is 4.08. The first kappa shape index (κ1) is 19.9. The molecule has 0 aliphatic carbocycles. The molecule has 1 aromatic carbocycles. The zero-order chi connectivity index (χ0) is 19.2. The predicted molar refractivity (Wildman–Crippen MR) is 109 cm³/mol. The number of hydrazone groups is 1. The number of pyridine rings is 1. The Balaban J connectivity index is 1.77. The summed E-state index contributed by atoms with van der Waals surface area (Å²) in [7, 11) is 0. The van der Waals surface area contributed by atoms with E-state index in [4.69, 9.17) is 4.74 Å². The van der Waals surface area contributed by atoms with Gasteiger partial charge in [-0.1, -0.05) is 15.9 Å². The topological polar surface area (TPSA) is 87.0 Å². The van der Waals surface area contributed by atoms with Crippen LogP contribution >= 0.6 is 31.9 Å². The number of nitrogens with zero attached hydrogens (tertiary/aromatic N) is 3. The van der Waals surface area contributed by atoms with E-state index in [1.54, 1.807) is 24.5 Å². The lowest BCUT2D eigenvalue weighted by Crippen LogP contribution is -2.44. The van der Waals surface area contributed by atoms with Gasteiger partial charge in [-0.15, -0.1) is 0 Å². The van der Waals surface area contributed by atoms with Crippen molar-refractivity contribution in [3.05, 3.63) is 56.7 Å². The summed E-state index contributed by atoms with van der Waals surface area (Å²) < 4.78 is 6.70. The van der Waals surface area contributed by atoms with E-state index in [1.807, 2.05) is 12.1 Å². The third-order valence-electron chi connectivity index (χ3n) is 4.12. The minimum Gasteiger partial charge on any atom is -0.506 e. The average Bonchev–Trinajstić information content (AvgIpc) is 2.67. The van der Waals surface area contributed by atoms with Crippen LogP contribution in [-0.2, 0) is 9.53 Å². The Labute approximate surface area is 173 Å². The number of nitrogens with one attached hydrogen (secondary N) is 1. The van der Waals surface area contributed by atoms with Gasteiger partial charge in [-0.3, -0.25) is 14.7 Å². The quantitative estimate of drug-likeness (QED) is 0.490. The third-order valence-corrected chi connectivity index (χ3v) is 5.18. The highest BCUT2D eigenvalue weighted by atomic mass is 79.9. The summed E-state index contributed by atoms with van der Waals surface area (Å²) in [6.45, 7) is 2.48. The van der Waals surface area contributed by atoms with E-state index in [1.165, 1.54) is 6.21 Å². The zero-order valence-corrected chi connectivity index (χ0v) is 17.5. The number of aromatic nitrogens is 1. The van der Waals surface area contributed by atoms with Crippen LogP contribution in [0.5, 0.6) is 5.75 Å². The Morgan fingerprint density at radius 1 is 1.30 bits per heavy atom. The van der Waals surface area contributed by atoms with Crippen LogP contribution in [-0.4, -0.2) is 53.4 Å². The number of amides is 1. The van der Waals surface area contributed by atoms with Crippen LogP contribution < -0.4 is 5.43 Å². The molecule has 1 saturated heterocycles. The second-order valence-corrected chi connectivity index (χ2v) is 7.66. The molecule has 2 aromatic rings. The van der Waals surface area contributed by atoms with E-state index in [2.05, 4.69) is 52.3 Å². The Morgan fingerprint density at radius 3 is 2.70 bits per heavy atom. The third kappa shape index (κ3) is 5.13. The second-order valence-electron chi connectivity index (χ2n) is 5.89. The minimum absolute atomic E-state index is 0.0510. The number of carbonyl (C=O) groups is 1. The maximum Gasteiger partial charge on any atom is 0.262 e. The van der Waals surface area contributed by atoms with E-state index in [-0.39, 0.29) is 11.7 Å².